The molecule has 0 aliphatic carbocycles. The van der Waals surface area contributed by atoms with Crippen LogP contribution in [-0.2, 0) is 11.2 Å². The number of aliphatic hydroxyl groups is 1. The summed E-state index contributed by atoms with van der Waals surface area (Å²) in [6.07, 6.45) is 0.472. The van der Waals surface area contributed by atoms with Gasteiger partial charge in [-0.3, -0.25) is 10.2 Å². The maximum absolute atomic E-state index is 13.8. The normalized spacial score (nSPS) is 15.3. The van der Waals surface area contributed by atoms with Gasteiger partial charge in [0, 0.05) is 18.9 Å². The third-order valence-corrected chi connectivity index (χ3v) is 4.14. The van der Waals surface area contributed by atoms with E-state index in [4.69, 9.17) is 11.1 Å². The molecule has 0 heterocycles. The molecule has 0 aromatic heterocycles. The lowest BCUT2D eigenvalue weighted by atomic mass is 9.88. The van der Waals surface area contributed by atoms with Crippen LogP contribution in [0.4, 0.5) is 4.39 Å². The van der Waals surface area contributed by atoms with Gasteiger partial charge < -0.3 is 16.2 Å². The highest BCUT2D eigenvalue weighted by molar-refractivity contribution is 5.96. The first kappa shape index (κ1) is 21.3. The van der Waals surface area contributed by atoms with Crippen molar-refractivity contribution in [2.24, 2.45) is 11.7 Å². The van der Waals surface area contributed by atoms with E-state index in [1.807, 2.05) is 30.3 Å². The molecule has 1 rings (SSSR count). The van der Waals surface area contributed by atoms with Gasteiger partial charge in [0.25, 0.3) is 0 Å². The second-order valence-corrected chi connectivity index (χ2v) is 7.21. The Kier molecular flexibility index (Phi) is 8.19. The molecule has 3 atom stereocenters. The number of hydrogen-bond acceptors (Lipinski definition) is 4. The summed E-state index contributed by atoms with van der Waals surface area (Å²) >= 11 is 0. The first-order valence-corrected chi connectivity index (χ1v) is 8.61. The second kappa shape index (κ2) is 9.63. The Hall–Kier alpha value is -1.79. The maximum atomic E-state index is 13.8. The number of hydrogen-bond donors (Lipinski definition) is 4. The van der Waals surface area contributed by atoms with Crippen molar-refractivity contribution in [3.05, 3.63) is 35.9 Å². The Morgan fingerprint density at radius 3 is 2.48 bits per heavy atom. The van der Waals surface area contributed by atoms with Gasteiger partial charge in [0.2, 0.25) is 5.91 Å². The lowest BCUT2D eigenvalue weighted by Crippen LogP contribution is -2.42. The van der Waals surface area contributed by atoms with Crippen LogP contribution in [0.25, 0.3) is 0 Å². The van der Waals surface area contributed by atoms with Gasteiger partial charge in [-0.05, 0) is 45.1 Å². The zero-order valence-electron chi connectivity index (χ0n) is 15.3. The zero-order valence-corrected chi connectivity index (χ0v) is 15.3. The molecule has 3 unspecified atom stereocenters. The summed E-state index contributed by atoms with van der Waals surface area (Å²) in [5.41, 5.74) is 5.75. The van der Waals surface area contributed by atoms with Crippen LogP contribution >= 0.6 is 0 Å². The first-order chi connectivity index (χ1) is 11.6. The molecule has 0 saturated carbocycles. The minimum absolute atomic E-state index is 0.00251. The Balaban J connectivity index is 2.70. The smallest absolute Gasteiger partial charge is 0.222 e. The van der Waals surface area contributed by atoms with Crippen LogP contribution in [0.1, 0.15) is 45.6 Å². The van der Waals surface area contributed by atoms with E-state index in [9.17, 15) is 14.3 Å². The van der Waals surface area contributed by atoms with Crippen LogP contribution in [-0.4, -0.2) is 34.7 Å². The highest BCUT2D eigenvalue weighted by Crippen LogP contribution is 2.24. The number of rotatable bonds is 9. The van der Waals surface area contributed by atoms with Crippen LogP contribution in [0, 0.1) is 11.3 Å². The van der Waals surface area contributed by atoms with Gasteiger partial charge in [-0.15, -0.1) is 0 Å². The molecule has 6 heteroatoms. The minimum Gasteiger partial charge on any atom is -0.391 e. The third-order valence-electron chi connectivity index (χ3n) is 4.14. The molecule has 5 nitrogen and oxygen atoms in total. The minimum atomic E-state index is -1.37. The molecule has 0 saturated heterocycles. The molecule has 1 aromatic rings. The van der Waals surface area contributed by atoms with E-state index in [2.05, 4.69) is 5.32 Å². The number of benzene rings is 1. The summed E-state index contributed by atoms with van der Waals surface area (Å²) in [6, 6.07) is 9.12. The molecule has 0 aliphatic heterocycles. The Bertz CT molecular complexity index is 558. The van der Waals surface area contributed by atoms with Crippen LogP contribution in [0.3, 0.4) is 0 Å². The predicted molar refractivity (Wildman–Crippen MR) is 98.2 cm³/mol. The molecule has 0 radical (unpaired) electrons. The number of carbonyl (C=O) groups is 1. The predicted octanol–water partition coefficient (Wildman–Crippen LogP) is 2.57. The maximum Gasteiger partial charge on any atom is 0.222 e. The van der Waals surface area contributed by atoms with Crippen LogP contribution in [0.2, 0.25) is 0 Å². The van der Waals surface area contributed by atoms with Gasteiger partial charge in [-0.25, -0.2) is 4.39 Å². The standard InChI is InChI=1S/C19H30FN3O2/c1-13(24)23-18(22)15(9-10-19(2,3)20)12-17(25)16(21)11-14-7-5-4-6-8-14/h4-8,15-17,25H,9-12,21H2,1-3H3,(H2,22,23,24). The molecule has 0 aliphatic rings. The SMILES string of the molecule is CC(=O)NC(=N)C(CCC(C)(C)F)CC(O)C(N)Cc1ccccc1. The molecule has 0 bridgehead atoms. The van der Waals surface area contributed by atoms with E-state index < -0.39 is 23.7 Å². The summed E-state index contributed by atoms with van der Waals surface area (Å²) in [5, 5.41) is 20.9. The number of alkyl halides is 1. The van der Waals surface area contributed by atoms with Crippen molar-refractivity contribution in [2.75, 3.05) is 0 Å². The van der Waals surface area contributed by atoms with Crippen molar-refractivity contribution in [3.8, 4) is 0 Å². The van der Waals surface area contributed by atoms with E-state index in [-0.39, 0.29) is 24.6 Å². The highest BCUT2D eigenvalue weighted by atomic mass is 19.1. The number of aliphatic hydroxyl groups excluding tert-OH is 1. The largest absolute Gasteiger partial charge is 0.391 e. The summed E-state index contributed by atoms with van der Waals surface area (Å²) in [6.45, 7) is 4.27. The van der Waals surface area contributed by atoms with E-state index in [0.29, 0.717) is 12.8 Å². The molecular weight excluding hydrogens is 321 g/mol. The Labute approximate surface area is 149 Å². The molecule has 140 valence electrons. The molecule has 0 spiro atoms. The number of nitrogens with two attached hydrogens (primary N) is 1. The van der Waals surface area contributed by atoms with Crippen LogP contribution < -0.4 is 11.1 Å². The second-order valence-electron chi connectivity index (χ2n) is 7.21. The van der Waals surface area contributed by atoms with Crippen molar-refractivity contribution in [1.29, 1.82) is 5.41 Å². The topological polar surface area (TPSA) is 99.2 Å². The third kappa shape index (κ3) is 8.74. The monoisotopic (exact) mass is 351 g/mol. The Morgan fingerprint density at radius 1 is 1.36 bits per heavy atom. The lowest BCUT2D eigenvalue weighted by Gasteiger charge is -2.26. The van der Waals surface area contributed by atoms with Crippen LogP contribution in [0.5, 0.6) is 0 Å². The first-order valence-electron chi connectivity index (χ1n) is 8.61. The molecule has 0 fully saturated rings. The average molecular weight is 351 g/mol. The summed E-state index contributed by atoms with van der Waals surface area (Å²) in [7, 11) is 0. The fourth-order valence-electron chi connectivity index (χ4n) is 2.68. The lowest BCUT2D eigenvalue weighted by molar-refractivity contribution is -0.117. The molecule has 25 heavy (non-hydrogen) atoms. The van der Waals surface area contributed by atoms with Crippen molar-refractivity contribution in [1.82, 2.24) is 5.32 Å². The fourth-order valence-corrected chi connectivity index (χ4v) is 2.68. The van der Waals surface area contributed by atoms with Crippen molar-refractivity contribution < 1.29 is 14.3 Å². The Morgan fingerprint density at radius 2 is 1.96 bits per heavy atom. The van der Waals surface area contributed by atoms with Gasteiger partial charge in [0.05, 0.1) is 6.10 Å². The number of amidine groups is 1. The van der Waals surface area contributed by atoms with Crippen molar-refractivity contribution >= 4 is 11.7 Å². The zero-order chi connectivity index (χ0) is 19.0. The van der Waals surface area contributed by atoms with E-state index >= 15 is 0 Å². The van der Waals surface area contributed by atoms with Gasteiger partial charge >= 0.3 is 0 Å². The summed E-state index contributed by atoms with van der Waals surface area (Å²) in [5.74, 6) is -0.795. The van der Waals surface area contributed by atoms with E-state index in [0.717, 1.165) is 5.56 Å². The molecule has 5 N–H and O–H groups in total. The van der Waals surface area contributed by atoms with Gasteiger partial charge in [-0.1, -0.05) is 30.3 Å². The van der Waals surface area contributed by atoms with Gasteiger partial charge in [0.1, 0.15) is 11.5 Å². The van der Waals surface area contributed by atoms with Crippen LogP contribution in [0.15, 0.2) is 30.3 Å². The summed E-state index contributed by atoms with van der Waals surface area (Å²) in [4.78, 5) is 11.2. The fraction of sp³-hybridized carbons (Fsp3) is 0.579. The number of amides is 1. The summed E-state index contributed by atoms with van der Waals surface area (Å²) < 4.78 is 13.8. The highest BCUT2D eigenvalue weighted by Gasteiger charge is 2.26. The number of halogens is 1. The quantitative estimate of drug-likeness (QED) is 0.406. The van der Waals surface area contributed by atoms with Crippen molar-refractivity contribution in [3.63, 3.8) is 0 Å². The average Bonchev–Trinajstić information content (AvgIpc) is 2.50. The van der Waals surface area contributed by atoms with E-state index in [1.165, 1.54) is 20.8 Å². The molecule has 1 amide bonds. The molecular formula is C19H30FN3O2. The van der Waals surface area contributed by atoms with Crippen molar-refractivity contribution in [2.45, 2.75) is 64.3 Å². The number of carbonyl (C=O) groups excluding carboxylic acids is 1. The number of nitrogens with one attached hydrogen (secondary N) is 2. The molecule has 1 aromatic carbocycles. The van der Waals surface area contributed by atoms with Gasteiger partial charge in [-0.2, -0.15) is 0 Å². The van der Waals surface area contributed by atoms with Gasteiger partial charge in [0.15, 0.2) is 0 Å². The van der Waals surface area contributed by atoms with E-state index in [1.54, 1.807) is 0 Å².